The van der Waals surface area contributed by atoms with Crippen LogP contribution in [-0.4, -0.2) is 18.2 Å². The predicted octanol–water partition coefficient (Wildman–Crippen LogP) is 3.70. The van der Waals surface area contributed by atoms with E-state index in [1.165, 1.54) is 6.92 Å². The van der Waals surface area contributed by atoms with Crippen molar-refractivity contribution in [3.05, 3.63) is 58.6 Å². The maximum absolute atomic E-state index is 11.9. The SMILES string of the molecule is CC(=O)c1cccc(NCC(=O)Nc2ccccc2Br)c1. The first-order valence-corrected chi connectivity index (χ1v) is 7.25. The Morgan fingerprint density at radius 2 is 1.86 bits per heavy atom. The van der Waals surface area contributed by atoms with Crippen LogP contribution in [0.1, 0.15) is 17.3 Å². The standard InChI is InChI=1S/C16H15BrN2O2/c1-11(20)12-5-4-6-13(9-12)18-10-16(21)19-15-8-3-2-7-14(15)17/h2-9,18H,10H2,1H3,(H,19,21). The topological polar surface area (TPSA) is 58.2 Å². The van der Waals surface area contributed by atoms with Gasteiger partial charge in [0.25, 0.3) is 0 Å². The highest BCUT2D eigenvalue weighted by molar-refractivity contribution is 9.10. The molecular weight excluding hydrogens is 332 g/mol. The Kier molecular flexibility index (Phi) is 5.11. The van der Waals surface area contributed by atoms with Crippen molar-refractivity contribution < 1.29 is 9.59 Å². The van der Waals surface area contributed by atoms with Crippen molar-refractivity contribution in [1.82, 2.24) is 0 Å². The maximum Gasteiger partial charge on any atom is 0.243 e. The Balaban J connectivity index is 1.94. The van der Waals surface area contributed by atoms with E-state index in [4.69, 9.17) is 0 Å². The van der Waals surface area contributed by atoms with Crippen molar-refractivity contribution in [2.45, 2.75) is 6.92 Å². The second-order valence-electron chi connectivity index (χ2n) is 4.52. The number of para-hydroxylation sites is 1. The monoisotopic (exact) mass is 346 g/mol. The van der Waals surface area contributed by atoms with E-state index in [9.17, 15) is 9.59 Å². The number of ketones is 1. The second kappa shape index (κ2) is 7.04. The molecule has 0 aliphatic carbocycles. The van der Waals surface area contributed by atoms with Crippen LogP contribution in [0.15, 0.2) is 53.0 Å². The summed E-state index contributed by atoms with van der Waals surface area (Å²) in [4.78, 5) is 23.2. The predicted molar refractivity (Wildman–Crippen MR) is 87.7 cm³/mol. The van der Waals surface area contributed by atoms with Crippen molar-refractivity contribution in [3.63, 3.8) is 0 Å². The number of amides is 1. The van der Waals surface area contributed by atoms with Gasteiger partial charge in [-0.15, -0.1) is 0 Å². The van der Waals surface area contributed by atoms with Gasteiger partial charge >= 0.3 is 0 Å². The van der Waals surface area contributed by atoms with E-state index >= 15 is 0 Å². The van der Waals surface area contributed by atoms with Crippen molar-refractivity contribution in [2.24, 2.45) is 0 Å². The number of carbonyl (C=O) groups is 2. The molecule has 0 saturated heterocycles. The number of rotatable bonds is 5. The molecule has 0 atom stereocenters. The lowest BCUT2D eigenvalue weighted by Crippen LogP contribution is -2.22. The van der Waals surface area contributed by atoms with Gasteiger partial charge in [0.2, 0.25) is 5.91 Å². The van der Waals surface area contributed by atoms with Crippen LogP contribution >= 0.6 is 15.9 Å². The van der Waals surface area contributed by atoms with Crippen molar-refractivity contribution in [2.75, 3.05) is 17.2 Å². The Morgan fingerprint density at radius 1 is 1.10 bits per heavy atom. The fourth-order valence-corrected chi connectivity index (χ4v) is 2.17. The Bertz CT molecular complexity index is 671. The molecule has 0 bridgehead atoms. The molecule has 21 heavy (non-hydrogen) atoms. The number of anilines is 2. The molecule has 0 fully saturated rings. The summed E-state index contributed by atoms with van der Waals surface area (Å²) in [6.07, 6.45) is 0. The third-order valence-electron chi connectivity index (χ3n) is 2.87. The smallest absolute Gasteiger partial charge is 0.243 e. The zero-order valence-corrected chi connectivity index (χ0v) is 13.1. The van der Waals surface area contributed by atoms with E-state index in [0.29, 0.717) is 5.56 Å². The van der Waals surface area contributed by atoms with Crippen LogP contribution in [0.5, 0.6) is 0 Å². The van der Waals surface area contributed by atoms with Crippen molar-refractivity contribution in [3.8, 4) is 0 Å². The van der Waals surface area contributed by atoms with Crippen LogP contribution in [-0.2, 0) is 4.79 Å². The molecule has 2 rings (SSSR count). The van der Waals surface area contributed by atoms with Gasteiger partial charge in [-0.3, -0.25) is 9.59 Å². The quantitative estimate of drug-likeness (QED) is 0.811. The average molecular weight is 347 g/mol. The minimum Gasteiger partial charge on any atom is -0.376 e. The molecule has 108 valence electrons. The number of halogens is 1. The first-order valence-electron chi connectivity index (χ1n) is 6.45. The maximum atomic E-state index is 11.9. The largest absolute Gasteiger partial charge is 0.376 e. The van der Waals surface area contributed by atoms with E-state index in [2.05, 4.69) is 26.6 Å². The number of hydrogen-bond acceptors (Lipinski definition) is 3. The van der Waals surface area contributed by atoms with Crippen molar-refractivity contribution >= 4 is 39.0 Å². The molecule has 0 unspecified atom stereocenters. The summed E-state index contributed by atoms with van der Waals surface area (Å²) in [6.45, 7) is 1.64. The lowest BCUT2D eigenvalue weighted by molar-refractivity contribution is -0.114. The Labute approximate surface area is 131 Å². The molecule has 4 nitrogen and oxygen atoms in total. The first kappa shape index (κ1) is 15.3. The molecular formula is C16H15BrN2O2. The third kappa shape index (κ3) is 4.43. The summed E-state index contributed by atoms with van der Waals surface area (Å²) in [5, 5.41) is 5.80. The first-order chi connectivity index (χ1) is 10.1. The molecule has 0 aliphatic rings. The number of benzene rings is 2. The molecule has 0 spiro atoms. The van der Waals surface area contributed by atoms with Gasteiger partial charge in [0.1, 0.15) is 0 Å². The average Bonchev–Trinajstić information content (AvgIpc) is 2.48. The highest BCUT2D eigenvalue weighted by Gasteiger charge is 2.05. The van der Waals surface area contributed by atoms with Crippen LogP contribution in [0, 0.1) is 0 Å². The number of hydrogen-bond donors (Lipinski definition) is 2. The number of nitrogens with one attached hydrogen (secondary N) is 2. The summed E-state index contributed by atoms with van der Waals surface area (Å²) < 4.78 is 0.830. The fraction of sp³-hybridized carbons (Fsp3) is 0.125. The zero-order chi connectivity index (χ0) is 15.2. The zero-order valence-electron chi connectivity index (χ0n) is 11.5. The third-order valence-corrected chi connectivity index (χ3v) is 3.56. The lowest BCUT2D eigenvalue weighted by atomic mass is 10.1. The molecule has 5 heteroatoms. The van der Waals surface area contributed by atoms with Gasteiger partial charge in [-0.1, -0.05) is 24.3 Å². The van der Waals surface area contributed by atoms with E-state index in [-0.39, 0.29) is 18.2 Å². The number of carbonyl (C=O) groups excluding carboxylic acids is 2. The molecule has 0 aliphatic heterocycles. The van der Waals surface area contributed by atoms with E-state index in [0.717, 1.165) is 15.8 Å². The normalized spacial score (nSPS) is 10.0. The van der Waals surface area contributed by atoms with E-state index in [1.54, 1.807) is 18.2 Å². The van der Waals surface area contributed by atoms with Gasteiger partial charge in [-0.2, -0.15) is 0 Å². The van der Waals surface area contributed by atoms with E-state index < -0.39 is 0 Å². The summed E-state index contributed by atoms with van der Waals surface area (Å²) in [5.74, 6) is -0.161. The van der Waals surface area contributed by atoms with Gasteiger partial charge in [-0.05, 0) is 47.1 Å². The number of Topliss-reactive ketones (excluding diaryl/α,β-unsaturated/α-hetero) is 1. The minimum atomic E-state index is -0.157. The van der Waals surface area contributed by atoms with Gasteiger partial charge in [0.15, 0.2) is 5.78 Å². The summed E-state index contributed by atoms with van der Waals surface area (Å²) in [7, 11) is 0. The van der Waals surface area contributed by atoms with Crippen LogP contribution < -0.4 is 10.6 Å². The Hall–Kier alpha value is -2.14. The van der Waals surface area contributed by atoms with Crippen LogP contribution in [0.2, 0.25) is 0 Å². The summed E-state index contributed by atoms with van der Waals surface area (Å²) in [5.41, 5.74) is 2.08. The molecule has 2 aromatic carbocycles. The second-order valence-corrected chi connectivity index (χ2v) is 5.37. The molecule has 0 aromatic heterocycles. The fourth-order valence-electron chi connectivity index (χ4n) is 1.79. The minimum absolute atomic E-state index is 0.00341. The van der Waals surface area contributed by atoms with Crippen molar-refractivity contribution in [1.29, 1.82) is 0 Å². The molecule has 0 saturated carbocycles. The lowest BCUT2D eigenvalue weighted by Gasteiger charge is -2.09. The van der Waals surface area contributed by atoms with Gasteiger partial charge in [0, 0.05) is 15.7 Å². The van der Waals surface area contributed by atoms with Gasteiger partial charge in [-0.25, -0.2) is 0 Å². The van der Waals surface area contributed by atoms with Crippen LogP contribution in [0.4, 0.5) is 11.4 Å². The molecule has 0 radical (unpaired) electrons. The molecule has 2 aromatic rings. The highest BCUT2D eigenvalue weighted by atomic mass is 79.9. The van der Waals surface area contributed by atoms with Crippen LogP contribution in [0.3, 0.4) is 0 Å². The van der Waals surface area contributed by atoms with Gasteiger partial charge < -0.3 is 10.6 Å². The van der Waals surface area contributed by atoms with E-state index in [1.807, 2.05) is 30.3 Å². The molecule has 2 N–H and O–H groups in total. The van der Waals surface area contributed by atoms with Crippen LogP contribution in [0.25, 0.3) is 0 Å². The van der Waals surface area contributed by atoms with Gasteiger partial charge in [0.05, 0.1) is 12.2 Å². The summed E-state index contributed by atoms with van der Waals surface area (Å²) in [6, 6.07) is 14.5. The highest BCUT2D eigenvalue weighted by Crippen LogP contribution is 2.21. The summed E-state index contributed by atoms with van der Waals surface area (Å²) >= 11 is 3.37. The molecule has 1 amide bonds. The Morgan fingerprint density at radius 3 is 2.57 bits per heavy atom. The molecule has 0 heterocycles.